The lowest BCUT2D eigenvalue weighted by molar-refractivity contribution is 0.0730. The predicted octanol–water partition coefficient (Wildman–Crippen LogP) is 1.67. The van der Waals surface area contributed by atoms with Gasteiger partial charge in [0.15, 0.2) is 0 Å². The molecule has 1 aliphatic rings. The summed E-state index contributed by atoms with van der Waals surface area (Å²) in [4.78, 5) is 27.6. The molecule has 0 bridgehead atoms. The summed E-state index contributed by atoms with van der Waals surface area (Å²) in [5.41, 5.74) is 1.09. The molecule has 10 heteroatoms. The normalized spacial score (nSPS) is 14.8. The van der Waals surface area contributed by atoms with Crippen molar-refractivity contribution in [2.45, 2.75) is 11.8 Å². The van der Waals surface area contributed by atoms with Crippen LogP contribution in [0.5, 0.6) is 5.75 Å². The van der Waals surface area contributed by atoms with Crippen LogP contribution in [0.1, 0.15) is 15.9 Å². The Hall–Kier alpha value is -3.21. The Bertz CT molecular complexity index is 1330. The van der Waals surface area contributed by atoms with Crippen LogP contribution in [-0.2, 0) is 14.8 Å². The fraction of sp³-hybridized carbons (Fsp3) is 0.304. The number of fused-ring (bicyclic) bond motifs is 1. The van der Waals surface area contributed by atoms with Gasteiger partial charge in [0.25, 0.3) is 5.91 Å². The van der Waals surface area contributed by atoms with Crippen molar-refractivity contribution in [2.24, 2.45) is 0 Å². The van der Waals surface area contributed by atoms with Crippen LogP contribution >= 0.6 is 0 Å². The van der Waals surface area contributed by atoms with E-state index in [1.807, 2.05) is 31.2 Å². The molecular formula is C23H25N3O6S. The van der Waals surface area contributed by atoms with Gasteiger partial charge in [0.05, 0.1) is 30.2 Å². The first-order valence-electron chi connectivity index (χ1n) is 10.6. The molecule has 3 aromatic rings. The SMILES string of the molecule is Cc1cccc(OCCNC(=O)c2cc(=O)[nH]c3ccc(S(=O)(=O)N4CCOCC4)cc23)c1. The number of morpholine rings is 1. The molecule has 1 fully saturated rings. The highest BCUT2D eigenvalue weighted by molar-refractivity contribution is 7.89. The minimum atomic E-state index is -3.75. The van der Waals surface area contributed by atoms with Gasteiger partial charge in [-0.3, -0.25) is 9.59 Å². The fourth-order valence-electron chi connectivity index (χ4n) is 3.65. The lowest BCUT2D eigenvalue weighted by Crippen LogP contribution is -2.40. The predicted molar refractivity (Wildman–Crippen MR) is 123 cm³/mol. The largest absolute Gasteiger partial charge is 0.492 e. The van der Waals surface area contributed by atoms with Gasteiger partial charge in [-0.25, -0.2) is 8.42 Å². The number of aromatic amines is 1. The number of carbonyl (C=O) groups is 1. The number of rotatable bonds is 7. The third-order valence-electron chi connectivity index (χ3n) is 5.31. The number of sulfonamides is 1. The Morgan fingerprint density at radius 1 is 1.15 bits per heavy atom. The Morgan fingerprint density at radius 3 is 2.70 bits per heavy atom. The van der Waals surface area contributed by atoms with Crippen LogP contribution in [0.2, 0.25) is 0 Å². The van der Waals surface area contributed by atoms with E-state index in [1.54, 1.807) is 0 Å². The summed E-state index contributed by atoms with van der Waals surface area (Å²) >= 11 is 0. The van der Waals surface area contributed by atoms with Gasteiger partial charge < -0.3 is 19.8 Å². The van der Waals surface area contributed by atoms with E-state index >= 15 is 0 Å². The summed E-state index contributed by atoms with van der Waals surface area (Å²) in [5, 5.41) is 3.08. The Kier molecular flexibility index (Phi) is 6.77. The van der Waals surface area contributed by atoms with Crippen molar-refractivity contribution in [2.75, 3.05) is 39.5 Å². The molecule has 1 aromatic heterocycles. The first-order chi connectivity index (χ1) is 15.8. The molecule has 4 rings (SSSR count). The number of ether oxygens (including phenoxy) is 2. The molecule has 9 nitrogen and oxygen atoms in total. The molecule has 1 aliphatic heterocycles. The highest BCUT2D eigenvalue weighted by Crippen LogP contribution is 2.23. The molecule has 2 aromatic carbocycles. The first kappa shape index (κ1) is 23.0. The van der Waals surface area contributed by atoms with Crippen molar-refractivity contribution < 1.29 is 22.7 Å². The lowest BCUT2D eigenvalue weighted by Gasteiger charge is -2.26. The van der Waals surface area contributed by atoms with E-state index in [1.165, 1.54) is 28.6 Å². The van der Waals surface area contributed by atoms with E-state index in [9.17, 15) is 18.0 Å². The molecule has 0 aliphatic carbocycles. The average Bonchev–Trinajstić information content (AvgIpc) is 2.81. The molecule has 0 saturated carbocycles. The Labute approximate surface area is 191 Å². The van der Waals surface area contributed by atoms with Gasteiger partial charge in [-0.1, -0.05) is 12.1 Å². The van der Waals surface area contributed by atoms with Crippen LogP contribution in [0, 0.1) is 6.92 Å². The highest BCUT2D eigenvalue weighted by Gasteiger charge is 2.27. The average molecular weight is 472 g/mol. The summed E-state index contributed by atoms with van der Waals surface area (Å²) in [6, 6.07) is 13.1. The van der Waals surface area contributed by atoms with Crippen LogP contribution in [0.4, 0.5) is 0 Å². The lowest BCUT2D eigenvalue weighted by atomic mass is 10.1. The molecule has 0 radical (unpaired) electrons. The van der Waals surface area contributed by atoms with Crippen molar-refractivity contribution in [1.29, 1.82) is 0 Å². The Morgan fingerprint density at radius 2 is 1.94 bits per heavy atom. The number of hydrogen-bond donors (Lipinski definition) is 2. The van der Waals surface area contributed by atoms with Gasteiger partial charge in [0, 0.05) is 30.1 Å². The second kappa shape index (κ2) is 9.74. The summed E-state index contributed by atoms with van der Waals surface area (Å²) in [5.74, 6) is 0.212. The molecule has 1 saturated heterocycles. The van der Waals surface area contributed by atoms with Crippen molar-refractivity contribution >= 4 is 26.8 Å². The van der Waals surface area contributed by atoms with Crippen LogP contribution in [0.15, 0.2) is 58.2 Å². The smallest absolute Gasteiger partial charge is 0.252 e. The van der Waals surface area contributed by atoms with Crippen molar-refractivity contribution in [1.82, 2.24) is 14.6 Å². The molecule has 174 valence electrons. The van der Waals surface area contributed by atoms with Crippen molar-refractivity contribution in [3.8, 4) is 5.75 Å². The van der Waals surface area contributed by atoms with Gasteiger partial charge in [-0.05, 0) is 42.8 Å². The maximum absolute atomic E-state index is 13.0. The molecule has 0 atom stereocenters. The number of nitrogens with one attached hydrogen (secondary N) is 2. The maximum Gasteiger partial charge on any atom is 0.252 e. The van der Waals surface area contributed by atoms with Crippen LogP contribution in [-0.4, -0.2) is 63.1 Å². The zero-order chi connectivity index (χ0) is 23.4. The number of nitrogens with zero attached hydrogens (tertiary/aromatic N) is 1. The van der Waals surface area contributed by atoms with E-state index < -0.39 is 21.5 Å². The van der Waals surface area contributed by atoms with Crippen LogP contribution < -0.4 is 15.6 Å². The van der Waals surface area contributed by atoms with Crippen LogP contribution in [0.3, 0.4) is 0 Å². The van der Waals surface area contributed by atoms with E-state index in [0.29, 0.717) is 29.9 Å². The molecule has 2 heterocycles. The monoisotopic (exact) mass is 471 g/mol. The van der Waals surface area contributed by atoms with Gasteiger partial charge in [0.1, 0.15) is 12.4 Å². The van der Waals surface area contributed by atoms with E-state index in [4.69, 9.17) is 9.47 Å². The number of pyridine rings is 1. The topological polar surface area (TPSA) is 118 Å². The summed E-state index contributed by atoms with van der Waals surface area (Å²) < 4.78 is 38.3. The summed E-state index contributed by atoms with van der Waals surface area (Å²) in [6.45, 7) is 3.61. The van der Waals surface area contributed by atoms with Gasteiger partial charge in [-0.15, -0.1) is 0 Å². The molecule has 2 N–H and O–H groups in total. The molecule has 0 spiro atoms. The number of carbonyl (C=O) groups excluding carboxylic acids is 1. The molecular weight excluding hydrogens is 446 g/mol. The van der Waals surface area contributed by atoms with E-state index in [-0.39, 0.29) is 36.7 Å². The maximum atomic E-state index is 13.0. The third-order valence-corrected chi connectivity index (χ3v) is 7.21. The van der Waals surface area contributed by atoms with Crippen LogP contribution in [0.25, 0.3) is 10.9 Å². The molecule has 0 unspecified atom stereocenters. The van der Waals surface area contributed by atoms with Crippen molar-refractivity contribution in [3.63, 3.8) is 0 Å². The Balaban J connectivity index is 1.54. The molecule has 1 amide bonds. The third kappa shape index (κ3) is 5.24. The van der Waals surface area contributed by atoms with Crippen molar-refractivity contribution in [3.05, 3.63) is 70.0 Å². The zero-order valence-electron chi connectivity index (χ0n) is 18.2. The fourth-order valence-corrected chi connectivity index (χ4v) is 5.09. The number of H-pyrrole nitrogens is 1. The number of benzene rings is 2. The minimum Gasteiger partial charge on any atom is -0.492 e. The minimum absolute atomic E-state index is 0.0563. The zero-order valence-corrected chi connectivity index (χ0v) is 19.0. The van der Waals surface area contributed by atoms with Gasteiger partial charge in [-0.2, -0.15) is 4.31 Å². The quantitative estimate of drug-likeness (QED) is 0.506. The first-order valence-corrected chi connectivity index (χ1v) is 12.0. The number of aromatic nitrogens is 1. The summed E-state index contributed by atoms with van der Waals surface area (Å²) in [7, 11) is -3.75. The highest BCUT2D eigenvalue weighted by atomic mass is 32.2. The second-order valence-corrected chi connectivity index (χ2v) is 9.63. The van der Waals surface area contributed by atoms with E-state index in [0.717, 1.165) is 5.56 Å². The molecule has 33 heavy (non-hydrogen) atoms. The second-order valence-electron chi connectivity index (χ2n) is 7.69. The standard InChI is InChI=1S/C23H25N3O6S/c1-16-3-2-4-17(13-16)32-10-7-24-23(28)20-15-22(27)25-21-6-5-18(14-19(20)21)33(29,30)26-8-11-31-12-9-26/h2-6,13-15H,7-12H2,1H3,(H,24,28)(H,25,27). The number of hydrogen-bond acceptors (Lipinski definition) is 6. The summed E-state index contributed by atoms with van der Waals surface area (Å²) in [6.07, 6.45) is 0. The van der Waals surface area contributed by atoms with E-state index in [2.05, 4.69) is 10.3 Å². The van der Waals surface area contributed by atoms with Gasteiger partial charge >= 0.3 is 0 Å². The van der Waals surface area contributed by atoms with Gasteiger partial charge in [0.2, 0.25) is 15.6 Å². The number of aryl methyl sites for hydroxylation is 1. The number of amides is 1.